The quantitative estimate of drug-likeness (QED) is 0.339. The predicted molar refractivity (Wildman–Crippen MR) is 74.7 cm³/mol. The fourth-order valence-electron chi connectivity index (χ4n) is 1.32. The summed E-state index contributed by atoms with van der Waals surface area (Å²) in [5.74, 6) is 4.71. The molecule has 19 heavy (non-hydrogen) atoms. The molecule has 0 aromatic carbocycles. The van der Waals surface area contributed by atoms with Crippen LogP contribution < -0.4 is 11.3 Å². The standard InChI is InChI=1S/C11H23N5O2Si/c1-10(2,3)19-18-11(4,5)8-6-16(15-14-8)7-9(17)13-12/h6H,7,12,19H2,1-5H3,(H,13,17). The van der Waals surface area contributed by atoms with Crippen LogP contribution in [-0.2, 0) is 21.4 Å². The maximum Gasteiger partial charge on any atom is 0.255 e. The van der Waals surface area contributed by atoms with Crippen LogP contribution in [0.3, 0.4) is 0 Å². The molecule has 1 heterocycles. The van der Waals surface area contributed by atoms with E-state index in [4.69, 9.17) is 10.3 Å². The van der Waals surface area contributed by atoms with Gasteiger partial charge < -0.3 is 4.43 Å². The molecule has 1 aromatic rings. The van der Waals surface area contributed by atoms with E-state index in [0.717, 1.165) is 0 Å². The Morgan fingerprint density at radius 1 is 1.47 bits per heavy atom. The number of hydrazine groups is 1. The Labute approximate surface area is 115 Å². The molecule has 0 aliphatic rings. The largest absolute Gasteiger partial charge is 0.413 e. The molecular weight excluding hydrogens is 262 g/mol. The highest BCUT2D eigenvalue weighted by Crippen LogP contribution is 2.27. The first-order valence-corrected chi connectivity index (χ1v) is 7.46. The van der Waals surface area contributed by atoms with Crippen molar-refractivity contribution >= 4 is 15.7 Å². The van der Waals surface area contributed by atoms with Crippen LogP contribution in [0.2, 0.25) is 5.04 Å². The minimum absolute atomic E-state index is 0.0519. The van der Waals surface area contributed by atoms with E-state index >= 15 is 0 Å². The van der Waals surface area contributed by atoms with Crippen molar-refractivity contribution in [1.82, 2.24) is 20.4 Å². The number of nitrogens with two attached hydrogens (primary N) is 1. The third kappa shape index (κ3) is 5.09. The lowest BCUT2D eigenvalue weighted by Crippen LogP contribution is -2.33. The van der Waals surface area contributed by atoms with Crippen LogP contribution in [-0.4, -0.2) is 30.7 Å². The Bertz CT molecular complexity index is 439. The molecule has 0 aliphatic carbocycles. The van der Waals surface area contributed by atoms with Gasteiger partial charge in [0, 0.05) is 0 Å². The Morgan fingerprint density at radius 2 is 2.11 bits per heavy atom. The highest BCUT2D eigenvalue weighted by atomic mass is 28.2. The highest BCUT2D eigenvalue weighted by molar-refractivity contribution is 6.31. The number of hydrogen-bond donors (Lipinski definition) is 2. The molecule has 108 valence electrons. The van der Waals surface area contributed by atoms with Crippen LogP contribution in [0.15, 0.2) is 6.20 Å². The third-order valence-corrected chi connectivity index (χ3v) is 4.22. The molecule has 0 spiro atoms. The van der Waals surface area contributed by atoms with Gasteiger partial charge in [-0.05, 0) is 18.9 Å². The van der Waals surface area contributed by atoms with Gasteiger partial charge in [0.05, 0.1) is 11.8 Å². The molecule has 1 rings (SSSR count). The van der Waals surface area contributed by atoms with E-state index in [2.05, 4.69) is 36.5 Å². The lowest BCUT2D eigenvalue weighted by molar-refractivity contribution is -0.121. The molecule has 0 bridgehead atoms. The topological polar surface area (TPSA) is 95.1 Å². The van der Waals surface area contributed by atoms with Crippen LogP contribution in [0.4, 0.5) is 0 Å². The molecule has 0 atom stereocenters. The van der Waals surface area contributed by atoms with Gasteiger partial charge in [-0.2, -0.15) is 0 Å². The van der Waals surface area contributed by atoms with Crippen molar-refractivity contribution in [1.29, 1.82) is 0 Å². The summed E-state index contributed by atoms with van der Waals surface area (Å²) in [7, 11) is -0.692. The van der Waals surface area contributed by atoms with Gasteiger partial charge >= 0.3 is 0 Å². The number of carbonyl (C=O) groups is 1. The first-order chi connectivity index (χ1) is 8.64. The second-order valence-corrected chi connectivity index (χ2v) is 8.93. The molecule has 3 N–H and O–H groups in total. The van der Waals surface area contributed by atoms with Gasteiger partial charge in [0.2, 0.25) is 0 Å². The Morgan fingerprint density at radius 3 is 2.63 bits per heavy atom. The summed E-state index contributed by atoms with van der Waals surface area (Å²) in [6, 6.07) is 0. The lowest BCUT2D eigenvalue weighted by atomic mass is 10.1. The first kappa shape index (κ1) is 15.8. The summed E-state index contributed by atoms with van der Waals surface area (Å²) in [6.07, 6.45) is 1.71. The van der Waals surface area contributed by atoms with Crippen LogP contribution in [0, 0.1) is 0 Å². The first-order valence-electron chi connectivity index (χ1n) is 6.18. The van der Waals surface area contributed by atoms with Crippen LogP contribution in [0.25, 0.3) is 0 Å². The summed E-state index contributed by atoms with van der Waals surface area (Å²) in [5, 5.41) is 8.18. The predicted octanol–water partition coefficient (Wildman–Crippen LogP) is -0.178. The zero-order valence-electron chi connectivity index (χ0n) is 12.2. The van der Waals surface area contributed by atoms with E-state index in [9.17, 15) is 4.79 Å². The summed E-state index contributed by atoms with van der Waals surface area (Å²) < 4.78 is 7.47. The number of rotatable bonds is 5. The highest BCUT2D eigenvalue weighted by Gasteiger charge is 2.27. The summed E-state index contributed by atoms with van der Waals surface area (Å²) >= 11 is 0. The van der Waals surface area contributed by atoms with Gasteiger partial charge in [-0.25, -0.2) is 10.5 Å². The van der Waals surface area contributed by atoms with Gasteiger partial charge in [0.15, 0.2) is 9.76 Å². The molecular formula is C11H23N5O2Si. The second kappa shape index (κ2) is 5.80. The van der Waals surface area contributed by atoms with Crippen molar-refractivity contribution in [2.24, 2.45) is 5.84 Å². The Balaban J connectivity index is 2.71. The normalized spacial score (nSPS) is 13.2. The number of aromatic nitrogens is 3. The molecule has 8 heteroatoms. The van der Waals surface area contributed by atoms with E-state index < -0.39 is 15.4 Å². The minimum Gasteiger partial charge on any atom is -0.413 e. The fourth-order valence-corrected chi connectivity index (χ4v) is 2.26. The van der Waals surface area contributed by atoms with Crippen LogP contribution >= 0.6 is 0 Å². The number of amides is 1. The second-order valence-electron chi connectivity index (χ2n) is 6.23. The van der Waals surface area contributed by atoms with Crippen molar-refractivity contribution in [3.63, 3.8) is 0 Å². The van der Waals surface area contributed by atoms with E-state index in [-0.39, 0.29) is 17.5 Å². The van der Waals surface area contributed by atoms with Crippen LogP contribution in [0.1, 0.15) is 40.3 Å². The summed E-state index contributed by atoms with van der Waals surface area (Å²) in [5.41, 5.74) is 2.28. The zero-order chi connectivity index (χ0) is 14.7. The van der Waals surface area contributed by atoms with E-state index in [1.165, 1.54) is 4.68 Å². The van der Waals surface area contributed by atoms with Crippen molar-refractivity contribution in [3.8, 4) is 0 Å². The summed E-state index contributed by atoms with van der Waals surface area (Å²) in [6.45, 7) is 10.5. The molecule has 7 nitrogen and oxygen atoms in total. The van der Waals surface area contributed by atoms with Crippen molar-refractivity contribution < 1.29 is 9.22 Å². The zero-order valence-corrected chi connectivity index (χ0v) is 13.6. The van der Waals surface area contributed by atoms with Gasteiger partial charge in [-0.3, -0.25) is 10.2 Å². The number of carbonyl (C=O) groups excluding carboxylic acids is 1. The van der Waals surface area contributed by atoms with Crippen molar-refractivity contribution in [2.45, 2.75) is 51.8 Å². The van der Waals surface area contributed by atoms with Crippen molar-refractivity contribution in [2.75, 3.05) is 0 Å². The average molecular weight is 285 g/mol. The van der Waals surface area contributed by atoms with E-state index in [1.807, 2.05) is 13.8 Å². The maximum atomic E-state index is 11.1. The lowest BCUT2D eigenvalue weighted by Gasteiger charge is -2.28. The maximum absolute atomic E-state index is 11.1. The van der Waals surface area contributed by atoms with E-state index in [0.29, 0.717) is 5.69 Å². The Hall–Kier alpha value is -1.25. The van der Waals surface area contributed by atoms with Gasteiger partial charge in [0.25, 0.3) is 5.91 Å². The minimum atomic E-state index is -0.692. The van der Waals surface area contributed by atoms with Gasteiger partial charge in [-0.1, -0.05) is 26.0 Å². The molecule has 0 aliphatic heterocycles. The molecule has 0 saturated heterocycles. The van der Waals surface area contributed by atoms with Crippen LogP contribution in [0.5, 0.6) is 0 Å². The molecule has 0 unspecified atom stereocenters. The molecule has 0 saturated carbocycles. The van der Waals surface area contributed by atoms with Crippen molar-refractivity contribution in [3.05, 3.63) is 11.9 Å². The molecule has 1 aromatic heterocycles. The fraction of sp³-hybridized carbons (Fsp3) is 0.727. The molecule has 0 radical (unpaired) electrons. The Kier molecular flexibility index (Phi) is 4.83. The third-order valence-electron chi connectivity index (χ3n) is 2.49. The smallest absolute Gasteiger partial charge is 0.255 e. The SMILES string of the molecule is CC(C)(C)[SiH2]OC(C)(C)c1cn(CC(=O)NN)nn1. The number of hydrogen-bond acceptors (Lipinski definition) is 5. The monoisotopic (exact) mass is 285 g/mol. The number of nitrogens with zero attached hydrogens (tertiary/aromatic N) is 3. The summed E-state index contributed by atoms with van der Waals surface area (Å²) in [4.78, 5) is 11.1. The van der Waals surface area contributed by atoms with Gasteiger partial charge in [0.1, 0.15) is 12.2 Å². The molecule has 1 amide bonds. The average Bonchev–Trinajstić information content (AvgIpc) is 2.75. The number of nitrogens with one attached hydrogen (secondary N) is 1. The molecule has 0 fully saturated rings. The van der Waals surface area contributed by atoms with E-state index in [1.54, 1.807) is 6.20 Å². The van der Waals surface area contributed by atoms with Gasteiger partial charge in [-0.15, -0.1) is 5.10 Å².